The molecular formula is C35H42N6O2. The minimum Gasteiger partial charge on any atom is -0.379 e. The van der Waals surface area contributed by atoms with Gasteiger partial charge in [0.15, 0.2) is 0 Å². The Bertz CT molecular complexity index is 1630. The molecule has 1 saturated heterocycles. The zero-order chi connectivity index (χ0) is 30.0. The Labute approximate surface area is 254 Å². The number of aromatic nitrogens is 3. The second kappa shape index (κ2) is 12.3. The highest BCUT2D eigenvalue weighted by atomic mass is 16.5. The van der Waals surface area contributed by atoms with Gasteiger partial charge in [0.25, 0.3) is 0 Å². The van der Waals surface area contributed by atoms with Gasteiger partial charge in [-0.1, -0.05) is 57.2 Å². The molecule has 6 rings (SSSR count). The number of morpholine rings is 1. The number of carbonyl (C=O) groups excluding carboxylic acids is 1. The van der Waals surface area contributed by atoms with Crippen LogP contribution in [0.25, 0.3) is 22.0 Å². The Hall–Kier alpha value is -4.01. The summed E-state index contributed by atoms with van der Waals surface area (Å²) in [6.45, 7) is 13.2. The maximum absolute atomic E-state index is 13.4. The fourth-order valence-corrected chi connectivity index (χ4v) is 6.02. The number of ether oxygens (including phenoxy) is 1. The SMILES string of the molecule is Cc1ccc(-n2nc(C(C)(C)C)cc2NC(=O)Nc2ccc(C3=CCC(CN4CCOCC4)CC3)c3ccccc23)cn1. The first-order chi connectivity index (χ1) is 20.7. The zero-order valence-corrected chi connectivity index (χ0v) is 25.7. The number of carbonyl (C=O) groups is 1. The Morgan fingerprint density at radius 3 is 2.51 bits per heavy atom. The van der Waals surface area contributed by atoms with Crippen molar-refractivity contribution in [2.75, 3.05) is 43.5 Å². The number of benzene rings is 2. The van der Waals surface area contributed by atoms with Gasteiger partial charge in [0.05, 0.1) is 36.5 Å². The van der Waals surface area contributed by atoms with Crippen molar-refractivity contribution in [3.8, 4) is 5.69 Å². The predicted octanol–water partition coefficient (Wildman–Crippen LogP) is 7.19. The van der Waals surface area contributed by atoms with Gasteiger partial charge in [-0.15, -0.1) is 0 Å². The van der Waals surface area contributed by atoms with Crippen LogP contribution in [0.3, 0.4) is 0 Å². The van der Waals surface area contributed by atoms with Crippen molar-refractivity contribution in [2.45, 2.75) is 52.4 Å². The van der Waals surface area contributed by atoms with Crippen molar-refractivity contribution in [3.05, 3.63) is 83.8 Å². The fourth-order valence-electron chi connectivity index (χ4n) is 6.02. The Balaban J connectivity index is 1.21. The first kappa shape index (κ1) is 29.1. The lowest BCUT2D eigenvalue weighted by Crippen LogP contribution is -2.39. The number of pyridine rings is 1. The summed E-state index contributed by atoms with van der Waals surface area (Å²) in [5.74, 6) is 1.29. The fraction of sp³-hybridized carbons (Fsp3) is 0.400. The number of aryl methyl sites for hydroxylation is 1. The number of hydrogen-bond donors (Lipinski definition) is 2. The highest BCUT2D eigenvalue weighted by molar-refractivity contribution is 6.08. The molecule has 2 amide bonds. The highest BCUT2D eigenvalue weighted by Gasteiger charge is 2.23. The second-order valence-electron chi connectivity index (χ2n) is 12.8. The molecule has 0 bridgehead atoms. The molecule has 8 heteroatoms. The molecule has 224 valence electrons. The lowest BCUT2D eigenvalue weighted by Gasteiger charge is -2.32. The van der Waals surface area contributed by atoms with Gasteiger partial charge in [-0.25, -0.2) is 9.48 Å². The Morgan fingerprint density at radius 2 is 1.81 bits per heavy atom. The molecule has 1 aliphatic carbocycles. The van der Waals surface area contributed by atoms with Crippen LogP contribution in [-0.4, -0.2) is 58.5 Å². The van der Waals surface area contributed by atoms with Crippen molar-refractivity contribution >= 4 is 33.9 Å². The van der Waals surface area contributed by atoms with E-state index in [1.165, 1.54) is 17.6 Å². The van der Waals surface area contributed by atoms with Crippen molar-refractivity contribution in [2.24, 2.45) is 5.92 Å². The normalized spacial score (nSPS) is 18.0. The van der Waals surface area contributed by atoms with E-state index in [4.69, 9.17) is 9.84 Å². The number of allylic oxidation sites excluding steroid dienone is 2. The van der Waals surface area contributed by atoms with E-state index in [1.807, 2.05) is 37.3 Å². The molecular weight excluding hydrogens is 536 g/mol. The van der Waals surface area contributed by atoms with Crippen LogP contribution in [-0.2, 0) is 10.2 Å². The van der Waals surface area contributed by atoms with Crippen molar-refractivity contribution in [3.63, 3.8) is 0 Å². The van der Waals surface area contributed by atoms with Gasteiger partial charge in [0.2, 0.25) is 0 Å². The van der Waals surface area contributed by atoms with Crippen LogP contribution in [0.2, 0.25) is 0 Å². The largest absolute Gasteiger partial charge is 0.379 e. The number of nitrogens with zero attached hydrogens (tertiary/aromatic N) is 4. The average Bonchev–Trinajstić information content (AvgIpc) is 3.43. The first-order valence-electron chi connectivity index (χ1n) is 15.4. The number of fused-ring (bicyclic) bond motifs is 1. The van der Waals surface area contributed by atoms with Crippen LogP contribution in [0.4, 0.5) is 16.3 Å². The molecule has 1 unspecified atom stereocenters. The van der Waals surface area contributed by atoms with Gasteiger partial charge in [0, 0.05) is 42.2 Å². The van der Waals surface area contributed by atoms with Gasteiger partial charge in [-0.05, 0) is 66.8 Å². The van der Waals surface area contributed by atoms with Gasteiger partial charge in [0.1, 0.15) is 5.82 Å². The van der Waals surface area contributed by atoms with Crippen molar-refractivity contribution in [1.82, 2.24) is 19.7 Å². The summed E-state index contributed by atoms with van der Waals surface area (Å²) < 4.78 is 7.26. The van der Waals surface area contributed by atoms with E-state index in [0.717, 1.165) is 79.2 Å². The summed E-state index contributed by atoms with van der Waals surface area (Å²) in [5, 5.41) is 13.1. The molecule has 0 saturated carbocycles. The minimum atomic E-state index is -0.317. The molecule has 0 spiro atoms. The summed E-state index contributed by atoms with van der Waals surface area (Å²) in [5.41, 5.74) is 5.84. The van der Waals surface area contributed by atoms with Gasteiger partial charge in [-0.3, -0.25) is 15.2 Å². The van der Waals surface area contributed by atoms with Gasteiger partial charge < -0.3 is 10.1 Å². The molecule has 4 aromatic rings. The predicted molar refractivity (Wildman–Crippen MR) is 174 cm³/mol. The third-order valence-corrected chi connectivity index (χ3v) is 8.52. The van der Waals surface area contributed by atoms with Crippen LogP contribution in [0.1, 0.15) is 57.0 Å². The van der Waals surface area contributed by atoms with E-state index >= 15 is 0 Å². The van der Waals surface area contributed by atoms with Gasteiger partial charge in [-0.2, -0.15) is 5.10 Å². The molecule has 0 radical (unpaired) electrons. The maximum atomic E-state index is 13.4. The number of amides is 2. The zero-order valence-electron chi connectivity index (χ0n) is 25.7. The molecule has 2 aliphatic rings. The highest BCUT2D eigenvalue weighted by Crippen LogP contribution is 2.37. The molecule has 2 aromatic carbocycles. The monoisotopic (exact) mass is 578 g/mol. The van der Waals surface area contributed by atoms with E-state index in [1.54, 1.807) is 10.9 Å². The molecule has 1 atom stereocenters. The third-order valence-electron chi connectivity index (χ3n) is 8.52. The van der Waals surface area contributed by atoms with Crippen LogP contribution < -0.4 is 10.6 Å². The number of urea groups is 1. The first-order valence-corrected chi connectivity index (χ1v) is 15.4. The van der Waals surface area contributed by atoms with Crippen molar-refractivity contribution < 1.29 is 9.53 Å². The molecule has 2 N–H and O–H groups in total. The molecule has 1 fully saturated rings. The summed E-state index contributed by atoms with van der Waals surface area (Å²) in [6, 6.07) is 18.0. The summed E-state index contributed by atoms with van der Waals surface area (Å²) in [6.07, 6.45) is 7.57. The number of nitrogens with one attached hydrogen (secondary N) is 2. The molecule has 3 heterocycles. The minimum absolute atomic E-state index is 0.182. The number of anilines is 2. The van der Waals surface area contributed by atoms with Crippen molar-refractivity contribution in [1.29, 1.82) is 0 Å². The topological polar surface area (TPSA) is 84.3 Å². The Kier molecular flexibility index (Phi) is 8.32. The van der Waals surface area contributed by atoms with Crippen LogP contribution in [0.15, 0.2) is 66.9 Å². The van der Waals surface area contributed by atoms with E-state index in [0.29, 0.717) is 11.7 Å². The van der Waals surface area contributed by atoms with Crippen LogP contribution >= 0.6 is 0 Å². The summed E-state index contributed by atoms with van der Waals surface area (Å²) in [4.78, 5) is 20.4. The van der Waals surface area contributed by atoms with Crippen LogP contribution in [0, 0.1) is 12.8 Å². The smallest absolute Gasteiger partial charge is 0.324 e. The third kappa shape index (κ3) is 6.65. The molecule has 2 aromatic heterocycles. The standard InChI is InChI=1S/C35H42N6O2/c1-24-9-14-27(22-36-24)41-33(21-32(39-41)35(2,3)4)38-34(42)37-31-16-15-28(29-7-5-6-8-30(29)31)26-12-10-25(11-13-26)23-40-17-19-43-20-18-40/h5-9,12,14-16,21-22,25H,10-11,13,17-20,23H2,1-4H3,(H2,37,38,42). The molecule has 1 aliphatic heterocycles. The van der Waals surface area contributed by atoms with Crippen LogP contribution in [0.5, 0.6) is 0 Å². The lowest BCUT2D eigenvalue weighted by molar-refractivity contribution is 0.0301. The summed E-state index contributed by atoms with van der Waals surface area (Å²) in [7, 11) is 0. The van der Waals surface area contributed by atoms with E-state index in [9.17, 15) is 4.79 Å². The second-order valence-corrected chi connectivity index (χ2v) is 12.8. The van der Waals surface area contributed by atoms with E-state index in [-0.39, 0.29) is 11.4 Å². The molecule has 8 nitrogen and oxygen atoms in total. The van der Waals surface area contributed by atoms with E-state index < -0.39 is 0 Å². The number of rotatable bonds is 6. The van der Waals surface area contributed by atoms with E-state index in [2.05, 4.69) is 71.6 Å². The lowest BCUT2D eigenvalue weighted by atomic mass is 9.84. The Morgan fingerprint density at radius 1 is 1.02 bits per heavy atom. The average molecular weight is 579 g/mol. The van der Waals surface area contributed by atoms with Gasteiger partial charge >= 0.3 is 6.03 Å². The number of hydrogen-bond acceptors (Lipinski definition) is 5. The molecule has 43 heavy (non-hydrogen) atoms. The quantitative estimate of drug-likeness (QED) is 0.253. The summed E-state index contributed by atoms with van der Waals surface area (Å²) >= 11 is 0. The maximum Gasteiger partial charge on any atom is 0.324 e.